The average Bonchev–Trinajstić information content (AvgIpc) is 3.09. The van der Waals surface area contributed by atoms with Crippen LogP contribution in [-0.4, -0.2) is 71.3 Å². The predicted octanol–water partition coefficient (Wildman–Crippen LogP) is 2.02. The van der Waals surface area contributed by atoms with Gasteiger partial charge in [0.1, 0.15) is 5.75 Å². The lowest BCUT2D eigenvalue weighted by Gasteiger charge is -2.27. The van der Waals surface area contributed by atoms with Crippen molar-refractivity contribution in [2.45, 2.75) is 32.9 Å². The number of hydrogen-bond donors (Lipinski definition) is 1. The van der Waals surface area contributed by atoms with E-state index in [0.717, 1.165) is 39.3 Å². The lowest BCUT2D eigenvalue weighted by molar-refractivity contribution is -0.0498. The highest BCUT2D eigenvalue weighted by Gasteiger charge is 2.20. The van der Waals surface area contributed by atoms with Gasteiger partial charge in [0.25, 0.3) is 5.91 Å². The number of nitrogens with one attached hydrogen (secondary N) is 1. The van der Waals surface area contributed by atoms with Crippen molar-refractivity contribution in [3.63, 3.8) is 0 Å². The molecular formula is C19H25F2N5O3. The van der Waals surface area contributed by atoms with Gasteiger partial charge in [0.2, 0.25) is 0 Å². The third kappa shape index (κ3) is 5.70. The van der Waals surface area contributed by atoms with E-state index in [4.69, 9.17) is 4.74 Å². The van der Waals surface area contributed by atoms with Crippen molar-refractivity contribution in [2.75, 3.05) is 32.8 Å². The molecule has 158 valence electrons. The number of rotatable bonds is 8. The fraction of sp³-hybridized carbons (Fsp3) is 0.526. The standard InChI is InChI=1S/C19H25F2N5O3/c1-13(7-8-25-9-11-28-12-10-25)22-18(27)17-14(2)26(24-23-17)15-3-5-16(6-4-15)29-19(20)21/h3-6,13,19H,7-12H2,1-2H3,(H,22,27). The molecule has 0 spiro atoms. The predicted molar refractivity (Wildman–Crippen MR) is 102 cm³/mol. The Balaban J connectivity index is 1.58. The molecule has 1 N–H and O–H groups in total. The summed E-state index contributed by atoms with van der Waals surface area (Å²) in [5, 5.41) is 11.0. The molecule has 2 aromatic rings. The fourth-order valence-electron chi connectivity index (χ4n) is 3.12. The Morgan fingerprint density at radius 2 is 1.97 bits per heavy atom. The SMILES string of the molecule is Cc1c(C(=O)NC(C)CCN2CCOCC2)nnn1-c1ccc(OC(F)F)cc1. The molecule has 29 heavy (non-hydrogen) atoms. The normalized spacial score (nSPS) is 16.0. The molecule has 8 nitrogen and oxygen atoms in total. The van der Waals surface area contributed by atoms with Gasteiger partial charge in [0.15, 0.2) is 5.69 Å². The highest BCUT2D eigenvalue weighted by Crippen LogP contribution is 2.18. The number of ether oxygens (including phenoxy) is 2. The first kappa shape index (κ1) is 21.1. The second-order valence-corrected chi connectivity index (χ2v) is 6.92. The average molecular weight is 409 g/mol. The molecule has 1 unspecified atom stereocenters. The zero-order valence-electron chi connectivity index (χ0n) is 16.5. The van der Waals surface area contributed by atoms with Gasteiger partial charge in [-0.25, -0.2) is 4.68 Å². The Morgan fingerprint density at radius 3 is 2.62 bits per heavy atom. The summed E-state index contributed by atoms with van der Waals surface area (Å²) in [6, 6.07) is 5.96. The molecule has 0 radical (unpaired) electrons. The molecule has 0 saturated carbocycles. The zero-order chi connectivity index (χ0) is 20.8. The molecule has 2 heterocycles. The molecule has 1 atom stereocenters. The van der Waals surface area contributed by atoms with Crippen LogP contribution in [-0.2, 0) is 4.74 Å². The summed E-state index contributed by atoms with van der Waals surface area (Å²) < 4.78 is 35.7. The van der Waals surface area contributed by atoms with Crippen LogP contribution in [0, 0.1) is 6.92 Å². The smallest absolute Gasteiger partial charge is 0.387 e. The summed E-state index contributed by atoms with van der Waals surface area (Å²) in [5.41, 5.74) is 1.39. The number of alkyl halides is 2. The summed E-state index contributed by atoms with van der Waals surface area (Å²) in [5.74, 6) is -0.241. The summed E-state index contributed by atoms with van der Waals surface area (Å²) >= 11 is 0. The number of nitrogens with zero attached hydrogens (tertiary/aromatic N) is 4. The Labute approximate surface area is 167 Å². The molecule has 1 aromatic carbocycles. The summed E-state index contributed by atoms with van der Waals surface area (Å²) in [7, 11) is 0. The minimum Gasteiger partial charge on any atom is -0.435 e. The molecule has 1 aromatic heterocycles. The Kier molecular flexibility index (Phi) is 7.10. The van der Waals surface area contributed by atoms with Gasteiger partial charge in [0.05, 0.1) is 24.6 Å². The van der Waals surface area contributed by atoms with Crippen molar-refractivity contribution in [1.82, 2.24) is 25.2 Å². The van der Waals surface area contributed by atoms with Gasteiger partial charge >= 0.3 is 6.61 Å². The maximum atomic E-state index is 12.6. The Bertz CT molecular complexity index is 807. The van der Waals surface area contributed by atoms with Crippen LogP contribution in [0.1, 0.15) is 29.5 Å². The number of benzene rings is 1. The molecule has 0 aliphatic carbocycles. The molecule has 0 bridgehead atoms. The quantitative estimate of drug-likeness (QED) is 0.719. The summed E-state index contributed by atoms with van der Waals surface area (Å²) in [6.07, 6.45) is 0.824. The van der Waals surface area contributed by atoms with Crippen LogP contribution in [0.15, 0.2) is 24.3 Å². The van der Waals surface area contributed by atoms with Crippen LogP contribution in [0.5, 0.6) is 5.75 Å². The van der Waals surface area contributed by atoms with Gasteiger partial charge in [-0.3, -0.25) is 9.69 Å². The van der Waals surface area contributed by atoms with Crippen molar-refractivity contribution in [1.29, 1.82) is 0 Å². The molecular weight excluding hydrogens is 384 g/mol. The van der Waals surface area contributed by atoms with Crippen LogP contribution in [0.3, 0.4) is 0 Å². The number of aromatic nitrogens is 3. The number of halogens is 2. The van der Waals surface area contributed by atoms with E-state index in [1.54, 1.807) is 19.1 Å². The number of carbonyl (C=O) groups excluding carboxylic acids is 1. The van der Waals surface area contributed by atoms with Crippen molar-refractivity contribution in [3.05, 3.63) is 35.7 Å². The van der Waals surface area contributed by atoms with Crippen LogP contribution in [0.25, 0.3) is 5.69 Å². The third-order valence-corrected chi connectivity index (χ3v) is 4.78. The number of carbonyl (C=O) groups is 1. The van der Waals surface area contributed by atoms with E-state index in [1.165, 1.54) is 16.8 Å². The summed E-state index contributed by atoms with van der Waals surface area (Å²) in [6.45, 7) is 5.02. The van der Waals surface area contributed by atoms with Crippen molar-refractivity contribution < 1.29 is 23.0 Å². The van der Waals surface area contributed by atoms with Crippen LogP contribution >= 0.6 is 0 Å². The molecule has 1 fully saturated rings. The van der Waals surface area contributed by atoms with Crippen LogP contribution < -0.4 is 10.1 Å². The number of hydrogen-bond acceptors (Lipinski definition) is 6. The molecule has 1 aliphatic rings. The van der Waals surface area contributed by atoms with E-state index in [0.29, 0.717) is 11.4 Å². The van der Waals surface area contributed by atoms with Gasteiger partial charge in [-0.15, -0.1) is 5.10 Å². The molecule has 1 aliphatic heterocycles. The molecule has 1 amide bonds. The first-order chi connectivity index (χ1) is 13.9. The lowest BCUT2D eigenvalue weighted by atomic mass is 10.2. The monoisotopic (exact) mass is 409 g/mol. The van der Waals surface area contributed by atoms with Crippen molar-refractivity contribution >= 4 is 5.91 Å². The zero-order valence-corrected chi connectivity index (χ0v) is 16.5. The Morgan fingerprint density at radius 1 is 1.28 bits per heavy atom. The number of amides is 1. The maximum Gasteiger partial charge on any atom is 0.387 e. The number of morpholine rings is 1. The van der Waals surface area contributed by atoms with E-state index < -0.39 is 6.61 Å². The highest BCUT2D eigenvalue weighted by molar-refractivity contribution is 5.93. The molecule has 3 rings (SSSR count). The molecule has 10 heteroatoms. The van der Waals surface area contributed by atoms with E-state index in [9.17, 15) is 13.6 Å². The maximum absolute atomic E-state index is 12.6. The minimum absolute atomic E-state index is 0.0133. The minimum atomic E-state index is -2.88. The fourth-order valence-corrected chi connectivity index (χ4v) is 3.12. The lowest BCUT2D eigenvalue weighted by Crippen LogP contribution is -2.40. The molecule has 1 saturated heterocycles. The van der Waals surface area contributed by atoms with E-state index >= 15 is 0 Å². The van der Waals surface area contributed by atoms with Gasteiger partial charge in [-0.1, -0.05) is 5.21 Å². The third-order valence-electron chi connectivity index (χ3n) is 4.78. The van der Waals surface area contributed by atoms with Crippen LogP contribution in [0.4, 0.5) is 8.78 Å². The van der Waals surface area contributed by atoms with Gasteiger partial charge in [-0.2, -0.15) is 8.78 Å². The summed E-state index contributed by atoms with van der Waals surface area (Å²) in [4.78, 5) is 14.9. The first-order valence-electron chi connectivity index (χ1n) is 9.52. The topological polar surface area (TPSA) is 81.5 Å². The second kappa shape index (κ2) is 9.75. The highest BCUT2D eigenvalue weighted by atomic mass is 19.3. The van der Waals surface area contributed by atoms with E-state index in [1.807, 2.05) is 6.92 Å². The van der Waals surface area contributed by atoms with Gasteiger partial charge in [0, 0.05) is 25.7 Å². The Hall–Kier alpha value is -2.59. The second-order valence-electron chi connectivity index (χ2n) is 6.92. The van der Waals surface area contributed by atoms with Gasteiger partial charge in [-0.05, 0) is 44.5 Å². The van der Waals surface area contributed by atoms with Crippen LogP contribution in [0.2, 0.25) is 0 Å². The van der Waals surface area contributed by atoms with Crippen molar-refractivity contribution in [2.24, 2.45) is 0 Å². The van der Waals surface area contributed by atoms with E-state index in [-0.39, 0.29) is 23.4 Å². The van der Waals surface area contributed by atoms with Gasteiger partial charge < -0.3 is 14.8 Å². The first-order valence-corrected chi connectivity index (χ1v) is 9.52. The largest absolute Gasteiger partial charge is 0.435 e. The van der Waals surface area contributed by atoms with Crippen molar-refractivity contribution in [3.8, 4) is 11.4 Å². The van der Waals surface area contributed by atoms with E-state index in [2.05, 4.69) is 25.3 Å².